The van der Waals surface area contributed by atoms with Crippen molar-refractivity contribution < 1.29 is 9.50 Å². The van der Waals surface area contributed by atoms with Gasteiger partial charge in [0, 0.05) is 5.41 Å². The minimum absolute atomic E-state index is 0.220. The summed E-state index contributed by atoms with van der Waals surface area (Å²) in [6.07, 6.45) is 12.2. The summed E-state index contributed by atoms with van der Waals surface area (Å²) in [6, 6.07) is 6.46. The minimum Gasteiger partial charge on any atom is -0.389 e. The van der Waals surface area contributed by atoms with Gasteiger partial charge in [-0.05, 0) is 68.0 Å². The van der Waals surface area contributed by atoms with Crippen molar-refractivity contribution in [2.75, 3.05) is 0 Å². The van der Waals surface area contributed by atoms with Crippen molar-refractivity contribution in [2.45, 2.75) is 70.8 Å². The van der Waals surface area contributed by atoms with Gasteiger partial charge < -0.3 is 5.11 Å². The van der Waals surface area contributed by atoms with E-state index in [1.807, 2.05) is 10.9 Å². The number of nitrogens with zero attached hydrogens (tertiary/aromatic N) is 2. The van der Waals surface area contributed by atoms with Gasteiger partial charge >= 0.3 is 0 Å². The summed E-state index contributed by atoms with van der Waals surface area (Å²) >= 11 is 0. The third-order valence-electron chi connectivity index (χ3n) is 6.78. The smallest absolute Gasteiger partial charge is 0.123 e. The lowest BCUT2D eigenvalue weighted by molar-refractivity contribution is -0.0860. The molecule has 1 N–H and O–H groups in total. The Morgan fingerprint density at radius 3 is 2.74 bits per heavy atom. The highest BCUT2D eigenvalue weighted by molar-refractivity contribution is 5.62. The van der Waals surface area contributed by atoms with E-state index in [4.69, 9.17) is 0 Å². The largest absolute Gasteiger partial charge is 0.389 e. The fraction of sp³-hybridized carbons (Fsp3) is 0.522. The predicted molar refractivity (Wildman–Crippen MR) is 106 cm³/mol. The molecule has 0 radical (unpaired) electrons. The number of fused-ring (bicyclic) bond motifs is 2. The molecule has 0 amide bonds. The van der Waals surface area contributed by atoms with Gasteiger partial charge in [-0.3, -0.25) is 0 Å². The van der Waals surface area contributed by atoms with Crippen LogP contribution in [-0.4, -0.2) is 20.5 Å². The van der Waals surface area contributed by atoms with Gasteiger partial charge in [-0.25, -0.2) is 9.07 Å². The van der Waals surface area contributed by atoms with Crippen LogP contribution >= 0.6 is 0 Å². The molecule has 2 atom stereocenters. The van der Waals surface area contributed by atoms with Crippen molar-refractivity contribution in [3.05, 3.63) is 53.1 Å². The first-order valence-corrected chi connectivity index (χ1v) is 10.2. The first kappa shape index (κ1) is 18.4. The van der Waals surface area contributed by atoms with Crippen molar-refractivity contribution in [1.82, 2.24) is 9.78 Å². The zero-order chi connectivity index (χ0) is 19.1. The molecule has 144 valence electrons. The quantitative estimate of drug-likeness (QED) is 0.712. The van der Waals surface area contributed by atoms with E-state index in [0.29, 0.717) is 0 Å². The fourth-order valence-corrected chi connectivity index (χ4v) is 5.02. The number of aliphatic hydroxyl groups is 1. The van der Waals surface area contributed by atoms with Crippen LogP contribution in [0, 0.1) is 11.2 Å². The number of aromatic nitrogens is 2. The maximum Gasteiger partial charge on any atom is 0.123 e. The van der Waals surface area contributed by atoms with Crippen LogP contribution in [-0.2, 0) is 6.42 Å². The lowest BCUT2D eigenvalue weighted by Crippen LogP contribution is -2.52. The highest BCUT2D eigenvalue weighted by Crippen LogP contribution is 2.54. The molecule has 4 rings (SSSR count). The van der Waals surface area contributed by atoms with E-state index in [1.165, 1.54) is 36.1 Å². The summed E-state index contributed by atoms with van der Waals surface area (Å²) in [4.78, 5) is 0. The molecular formula is C23H29FN2O. The van der Waals surface area contributed by atoms with Crippen LogP contribution in [0.15, 0.2) is 36.0 Å². The molecule has 0 saturated heterocycles. The summed E-state index contributed by atoms with van der Waals surface area (Å²) in [7, 11) is 0. The second-order valence-corrected chi connectivity index (χ2v) is 8.46. The Morgan fingerprint density at radius 2 is 2.00 bits per heavy atom. The molecule has 0 aliphatic heterocycles. The summed E-state index contributed by atoms with van der Waals surface area (Å²) in [5, 5.41) is 16.2. The standard InChI is InChI=1S/C23H29FN2O/c1-3-4-5-12-23(27)13-6-7-18-14-21-17(15-22(18,23)2)16-25-26(21)20-10-8-19(24)9-11-20/h8-11,14,16,27H,3-7,12-13,15H2,1-2H3/t22-,23-/m0/s1. The molecule has 1 saturated carbocycles. The van der Waals surface area contributed by atoms with Crippen molar-refractivity contribution >= 4 is 6.08 Å². The Bertz CT molecular complexity index is 854. The predicted octanol–water partition coefficient (Wildman–Crippen LogP) is 5.45. The Hall–Kier alpha value is -1.94. The molecular weight excluding hydrogens is 339 g/mol. The second-order valence-electron chi connectivity index (χ2n) is 8.46. The molecule has 0 spiro atoms. The van der Waals surface area contributed by atoms with Gasteiger partial charge in [-0.2, -0.15) is 5.10 Å². The van der Waals surface area contributed by atoms with Crippen molar-refractivity contribution in [3.63, 3.8) is 0 Å². The third kappa shape index (κ3) is 3.04. The van der Waals surface area contributed by atoms with E-state index in [9.17, 15) is 9.50 Å². The van der Waals surface area contributed by atoms with E-state index < -0.39 is 5.60 Å². The normalized spacial score (nSPS) is 27.0. The summed E-state index contributed by atoms with van der Waals surface area (Å²) in [5.41, 5.74) is 3.59. The second kappa shape index (κ2) is 6.90. The van der Waals surface area contributed by atoms with Gasteiger partial charge in [0.15, 0.2) is 0 Å². The van der Waals surface area contributed by atoms with Crippen LogP contribution in [0.3, 0.4) is 0 Å². The van der Waals surface area contributed by atoms with E-state index in [0.717, 1.165) is 49.9 Å². The Morgan fingerprint density at radius 1 is 1.22 bits per heavy atom. The van der Waals surface area contributed by atoms with Gasteiger partial charge in [0.2, 0.25) is 0 Å². The zero-order valence-electron chi connectivity index (χ0n) is 16.3. The first-order valence-electron chi connectivity index (χ1n) is 10.2. The maximum absolute atomic E-state index is 13.3. The van der Waals surface area contributed by atoms with Gasteiger partial charge in [0.25, 0.3) is 0 Å². The average Bonchev–Trinajstić information content (AvgIpc) is 3.04. The molecule has 4 heteroatoms. The number of unbranched alkanes of at least 4 members (excludes halogenated alkanes) is 2. The van der Waals surface area contributed by atoms with E-state index in [-0.39, 0.29) is 11.2 Å². The van der Waals surface area contributed by atoms with Crippen LogP contribution in [0.2, 0.25) is 0 Å². The SMILES string of the molecule is CCCCC[C@]1(O)CCCC2=Cc3c(cnn3-c3ccc(F)cc3)C[C@@]21C. The summed E-state index contributed by atoms with van der Waals surface area (Å²) in [5.74, 6) is -0.241. The van der Waals surface area contributed by atoms with Crippen LogP contribution < -0.4 is 0 Å². The molecule has 2 aromatic rings. The van der Waals surface area contributed by atoms with Gasteiger partial charge in [0.05, 0.1) is 23.2 Å². The summed E-state index contributed by atoms with van der Waals surface area (Å²) < 4.78 is 15.2. The highest BCUT2D eigenvalue weighted by atomic mass is 19.1. The van der Waals surface area contributed by atoms with Crippen LogP contribution in [0.1, 0.15) is 70.1 Å². The highest BCUT2D eigenvalue weighted by Gasteiger charge is 2.52. The topological polar surface area (TPSA) is 38.1 Å². The number of halogens is 1. The Kier molecular flexibility index (Phi) is 4.71. The Balaban J connectivity index is 1.70. The number of hydrogen-bond acceptors (Lipinski definition) is 2. The lowest BCUT2D eigenvalue weighted by atomic mass is 9.56. The molecule has 0 bridgehead atoms. The minimum atomic E-state index is -0.637. The van der Waals surface area contributed by atoms with E-state index in [2.05, 4.69) is 25.0 Å². The molecule has 1 fully saturated rings. The first-order chi connectivity index (χ1) is 13.0. The van der Waals surface area contributed by atoms with E-state index in [1.54, 1.807) is 12.1 Å². The fourth-order valence-electron chi connectivity index (χ4n) is 5.02. The molecule has 1 aromatic heterocycles. The van der Waals surface area contributed by atoms with Crippen LogP contribution in [0.5, 0.6) is 0 Å². The van der Waals surface area contributed by atoms with Crippen LogP contribution in [0.25, 0.3) is 11.8 Å². The van der Waals surface area contributed by atoms with Gasteiger partial charge in [-0.15, -0.1) is 0 Å². The molecule has 2 aliphatic carbocycles. The molecule has 27 heavy (non-hydrogen) atoms. The molecule has 0 unspecified atom stereocenters. The number of hydrogen-bond donors (Lipinski definition) is 1. The maximum atomic E-state index is 13.3. The third-order valence-corrected chi connectivity index (χ3v) is 6.78. The van der Waals surface area contributed by atoms with Crippen molar-refractivity contribution in [3.8, 4) is 5.69 Å². The monoisotopic (exact) mass is 368 g/mol. The Labute approximate surface area is 160 Å². The number of rotatable bonds is 5. The van der Waals surface area contributed by atoms with Crippen molar-refractivity contribution in [1.29, 1.82) is 0 Å². The van der Waals surface area contributed by atoms with Crippen molar-refractivity contribution in [2.24, 2.45) is 5.41 Å². The molecule has 2 aliphatic rings. The van der Waals surface area contributed by atoms with Gasteiger partial charge in [-0.1, -0.05) is 38.7 Å². The van der Waals surface area contributed by atoms with Gasteiger partial charge in [0.1, 0.15) is 5.82 Å². The molecule has 1 aromatic carbocycles. The molecule has 1 heterocycles. The summed E-state index contributed by atoms with van der Waals surface area (Å²) in [6.45, 7) is 4.44. The number of benzene rings is 1. The lowest BCUT2D eigenvalue weighted by Gasteiger charge is -2.52. The molecule has 3 nitrogen and oxygen atoms in total. The van der Waals surface area contributed by atoms with Crippen LogP contribution in [0.4, 0.5) is 4.39 Å². The van der Waals surface area contributed by atoms with E-state index >= 15 is 0 Å². The zero-order valence-corrected chi connectivity index (χ0v) is 16.3. The average molecular weight is 368 g/mol.